The number of benzene rings is 1. The zero-order valence-corrected chi connectivity index (χ0v) is 16.5. The maximum Gasteiger partial charge on any atom is 0.254 e. The largest absolute Gasteiger partial charge is 0.338 e. The Morgan fingerprint density at radius 1 is 1.19 bits per heavy atom. The van der Waals surface area contributed by atoms with Crippen molar-refractivity contribution in [2.75, 3.05) is 32.7 Å². The number of nitrogens with zero attached hydrogens (tertiary/aromatic N) is 2. The van der Waals surface area contributed by atoms with Crippen molar-refractivity contribution in [2.45, 2.75) is 44.4 Å². The van der Waals surface area contributed by atoms with Crippen molar-refractivity contribution in [2.24, 2.45) is 11.1 Å². The summed E-state index contributed by atoms with van der Waals surface area (Å²) in [6.45, 7) is 6.87. The van der Waals surface area contributed by atoms with Crippen molar-refractivity contribution in [3.63, 3.8) is 0 Å². The summed E-state index contributed by atoms with van der Waals surface area (Å²) in [4.78, 5) is 15.0. The van der Waals surface area contributed by atoms with Gasteiger partial charge >= 0.3 is 0 Å². The summed E-state index contributed by atoms with van der Waals surface area (Å²) >= 11 is 0. The monoisotopic (exact) mass is 379 g/mol. The molecule has 2 heterocycles. The highest BCUT2D eigenvalue weighted by Crippen LogP contribution is 2.30. The van der Waals surface area contributed by atoms with Crippen LogP contribution in [0.3, 0.4) is 0 Å². The second kappa shape index (κ2) is 7.29. The van der Waals surface area contributed by atoms with Gasteiger partial charge in [0.15, 0.2) is 0 Å². The number of aryl methyl sites for hydroxylation is 1. The summed E-state index contributed by atoms with van der Waals surface area (Å²) in [5, 5.41) is 0. The summed E-state index contributed by atoms with van der Waals surface area (Å²) < 4.78 is 27.4. The van der Waals surface area contributed by atoms with Crippen LogP contribution in [0.4, 0.5) is 0 Å². The van der Waals surface area contributed by atoms with Gasteiger partial charge in [-0.15, -0.1) is 0 Å². The quantitative estimate of drug-likeness (QED) is 0.867. The van der Waals surface area contributed by atoms with Gasteiger partial charge in [0.25, 0.3) is 5.91 Å². The second-order valence-electron chi connectivity index (χ2n) is 7.93. The Labute approximate surface area is 156 Å². The van der Waals surface area contributed by atoms with Gasteiger partial charge < -0.3 is 10.6 Å². The van der Waals surface area contributed by atoms with E-state index in [9.17, 15) is 13.2 Å². The van der Waals surface area contributed by atoms with Gasteiger partial charge in [-0.1, -0.05) is 19.4 Å². The zero-order chi connectivity index (χ0) is 18.9. The van der Waals surface area contributed by atoms with Crippen LogP contribution >= 0.6 is 0 Å². The van der Waals surface area contributed by atoms with Crippen LogP contribution in [0, 0.1) is 12.3 Å². The Bertz CT molecular complexity index is 787. The predicted octanol–water partition coefficient (Wildman–Crippen LogP) is 1.98. The molecule has 144 valence electrons. The minimum Gasteiger partial charge on any atom is -0.338 e. The summed E-state index contributed by atoms with van der Waals surface area (Å²) in [5.41, 5.74) is 7.06. The number of hydrogen-bond donors (Lipinski definition) is 1. The van der Waals surface area contributed by atoms with E-state index in [0.717, 1.165) is 31.2 Å². The van der Waals surface area contributed by atoms with E-state index < -0.39 is 10.0 Å². The molecule has 0 spiro atoms. The molecular formula is C19H29N3O3S. The maximum absolute atomic E-state index is 13.0. The first-order chi connectivity index (χ1) is 12.3. The molecule has 2 fully saturated rings. The molecule has 1 aromatic carbocycles. The van der Waals surface area contributed by atoms with E-state index in [-0.39, 0.29) is 16.2 Å². The number of piperidine rings is 1. The number of hydrogen-bond acceptors (Lipinski definition) is 4. The molecule has 1 aromatic rings. The third kappa shape index (κ3) is 3.66. The molecule has 0 aromatic heterocycles. The molecule has 0 radical (unpaired) electrons. The average molecular weight is 380 g/mol. The molecule has 2 N–H and O–H groups in total. The van der Waals surface area contributed by atoms with Crippen molar-refractivity contribution in [1.82, 2.24) is 9.21 Å². The molecule has 6 nitrogen and oxygen atoms in total. The van der Waals surface area contributed by atoms with Gasteiger partial charge in [0, 0.05) is 31.7 Å². The second-order valence-corrected chi connectivity index (χ2v) is 9.87. The van der Waals surface area contributed by atoms with Crippen LogP contribution < -0.4 is 5.73 Å². The summed E-state index contributed by atoms with van der Waals surface area (Å²) in [7, 11) is -3.54. The maximum atomic E-state index is 13.0. The van der Waals surface area contributed by atoms with Crippen molar-refractivity contribution in [3.8, 4) is 0 Å². The van der Waals surface area contributed by atoms with Crippen LogP contribution in [0.2, 0.25) is 0 Å². The van der Waals surface area contributed by atoms with E-state index in [1.54, 1.807) is 23.1 Å². The van der Waals surface area contributed by atoms with Gasteiger partial charge in [0.1, 0.15) is 0 Å². The molecule has 7 heteroatoms. The predicted molar refractivity (Wildman–Crippen MR) is 101 cm³/mol. The Morgan fingerprint density at radius 2 is 1.88 bits per heavy atom. The smallest absolute Gasteiger partial charge is 0.254 e. The average Bonchev–Trinajstić information content (AvgIpc) is 3.05. The lowest BCUT2D eigenvalue weighted by atomic mass is 9.90. The topological polar surface area (TPSA) is 83.7 Å². The molecule has 3 rings (SSSR count). The van der Waals surface area contributed by atoms with E-state index in [1.807, 2.05) is 6.92 Å². The Balaban J connectivity index is 1.87. The number of nitrogens with two attached hydrogens (primary N) is 1. The molecule has 1 atom stereocenters. The fourth-order valence-electron chi connectivity index (χ4n) is 3.78. The molecule has 1 amide bonds. The number of carbonyl (C=O) groups is 1. The van der Waals surface area contributed by atoms with E-state index >= 15 is 0 Å². The molecule has 1 unspecified atom stereocenters. The molecule has 0 saturated carbocycles. The fourth-order valence-corrected chi connectivity index (χ4v) is 5.32. The number of amides is 1. The molecule has 2 saturated heterocycles. The highest BCUT2D eigenvalue weighted by molar-refractivity contribution is 7.89. The lowest BCUT2D eigenvalue weighted by Gasteiger charge is -2.26. The zero-order valence-electron chi connectivity index (χ0n) is 15.7. The number of rotatable bonds is 4. The van der Waals surface area contributed by atoms with Crippen molar-refractivity contribution < 1.29 is 13.2 Å². The summed E-state index contributed by atoms with van der Waals surface area (Å²) in [6.07, 6.45) is 3.73. The van der Waals surface area contributed by atoms with Gasteiger partial charge in [-0.3, -0.25) is 4.79 Å². The van der Waals surface area contributed by atoms with Crippen LogP contribution in [-0.4, -0.2) is 56.3 Å². The summed E-state index contributed by atoms with van der Waals surface area (Å²) in [5.74, 6) is -0.102. The van der Waals surface area contributed by atoms with Crippen molar-refractivity contribution in [3.05, 3.63) is 29.3 Å². The van der Waals surface area contributed by atoms with Gasteiger partial charge in [-0.25, -0.2) is 8.42 Å². The van der Waals surface area contributed by atoms with Crippen LogP contribution in [0.5, 0.6) is 0 Å². The molecule has 0 aliphatic carbocycles. The first-order valence-electron chi connectivity index (χ1n) is 9.37. The SMILES string of the molecule is Cc1ccc(S(=O)(=O)N2CCCCC2)cc1C(=O)N1CCC(C)(CN)C1. The lowest BCUT2D eigenvalue weighted by Crippen LogP contribution is -2.36. The van der Waals surface area contributed by atoms with Crippen LogP contribution in [0.15, 0.2) is 23.1 Å². The first-order valence-corrected chi connectivity index (χ1v) is 10.8. The highest BCUT2D eigenvalue weighted by atomic mass is 32.2. The molecular weight excluding hydrogens is 350 g/mol. The Morgan fingerprint density at radius 3 is 2.50 bits per heavy atom. The fraction of sp³-hybridized carbons (Fsp3) is 0.632. The normalized spacial score (nSPS) is 24.8. The van der Waals surface area contributed by atoms with Crippen LogP contribution in [0.1, 0.15) is 48.5 Å². The Hall–Kier alpha value is -1.44. The number of sulfonamides is 1. The van der Waals surface area contributed by atoms with Crippen LogP contribution in [0.25, 0.3) is 0 Å². The van der Waals surface area contributed by atoms with Gasteiger partial charge in [0.2, 0.25) is 10.0 Å². The van der Waals surface area contributed by atoms with E-state index in [0.29, 0.717) is 38.3 Å². The molecule has 2 aliphatic rings. The highest BCUT2D eigenvalue weighted by Gasteiger charge is 2.36. The Kier molecular flexibility index (Phi) is 5.42. The van der Waals surface area contributed by atoms with Gasteiger partial charge in [0.05, 0.1) is 4.90 Å². The van der Waals surface area contributed by atoms with Crippen molar-refractivity contribution in [1.29, 1.82) is 0 Å². The van der Waals surface area contributed by atoms with Crippen molar-refractivity contribution >= 4 is 15.9 Å². The third-order valence-corrected chi connectivity index (χ3v) is 7.62. The molecule has 26 heavy (non-hydrogen) atoms. The third-order valence-electron chi connectivity index (χ3n) is 5.73. The van der Waals surface area contributed by atoms with E-state index in [4.69, 9.17) is 5.73 Å². The summed E-state index contributed by atoms with van der Waals surface area (Å²) in [6, 6.07) is 4.91. The molecule has 2 aliphatic heterocycles. The van der Waals surface area contributed by atoms with Crippen LogP contribution in [-0.2, 0) is 10.0 Å². The van der Waals surface area contributed by atoms with Gasteiger partial charge in [-0.05, 0) is 55.8 Å². The van der Waals surface area contributed by atoms with Gasteiger partial charge in [-0.2, -0.15) is 4.31 Å². The number of carbonyl (C=O) groups excluding carboxylic acids is 1. The van der Waals surface area contributed by atoms with E-state index in [2.05, 4.69) is 6.92 Å². The molecule has 0 bridgehead atoms. The lowest BCUT2D eigenvalue weighted by molar-refractivity contribution is 0.0776. The minimum absolute atomic E-state index is 0.0545. The first kappa shape index (κ1) is 19.3. The van der Waals surface area contributed by atoms with E-state index in [1.165, 1.54) is 4.31 Å². The minimum atomic E-state index is -3.54. The number of likely N-dealkylation sites (tertiary alicyclic amines) is 1. The standard InChI is InChI=1S/C19H29N3O3S/c1-15-6-7-16(26(24,25)22-9-4-3-5-10-22)12-17(15)18(23)21-11-8-19(2,13-20)14-21/h6-7,12H,3-5,8-11,13-14,20H2,1-2H3.